The number of carboxylic acid groups (broad SMARTS) is 1. The second-order valence-corrected chi connectivity index (χ2v) is 6.44. The number of esters is 1. The highest BCUT2D eigenvalue weighted by molar-refractivity contribution is 5.97. The van der Waals surface area contributed by atoms with Gasteiger partial charge in [0.05, 0.1) is 29.6 Å². The number of carbonyl (C=O) groups is 3. The Labute approximate surface area is 177 Å². The summed E-state index contributed by atoms with van der Waals surface area (Å²) in [5.41, 5.74) is 0.569. The Morgan fingerprint density at radius 3 is 2.26 bits per heavy atom. The van der Waals surface area contributed by atoms with Crippen molar-refractivity contribution in [3.63, 3.8) is 0 Å². The van der Waals surface area contributed by atoms with E-state index in [1.54, 1.807) is 6.92 Å². The Kier molecular flexibility index (Phi) is 7.80. The fourth-order valence-electron chi connectivity index (χ4n) is 2.93. The highest BCUT2D eigenvalue weighted by Crippen LogP contribution is 2.27. The largest absolute Gasteiger partial charge is 0.480 e. The average Bonchev–Trinajstić information content (AvgIpc) is 2.76. The minimum absolute atomic E-state index is 0.0845. The van der Waals surface area contributed by atoms with Gasteiger partial charge in [-0.15, -0.1) is 0 Å². The molecule has 0 aliphatic heterocycles. The van der Waals surface area contributed by atoms with Crippen LogP contribution >= 0.6 is 0 Å². The van der Waals surface area contributed by atoms with E-state index in [4.69, 9.17) is 10.00 Å². The molecule has 10 heteroatoms. The monoisotopic (exact) mass is 425 g/mol. The van der Waals surface area contributed by atoms with Crippen molar-refractivity contribution in [2.24, 2.45) is 0 Å². The molecule has 31 heavy (non-hydrogen) atoms. The molecule has 0 aliphatic carbocycles. The van der Waals surface area contributed by atoms with Crippen LogP contribution in [0.2, 0.25) is 0 Å². The molecule has 0 fully saturated rings. The molecule has 0 aliphatic rings. The quantitative estimate of drug-likeness (QED) is 0.352. The highest BCUT2D eigenvalue weighted by Gasteiger charge is 2.33. The number of nitro benzene ring substituents is 1. The van der Waals surface area contributed by atoms with E-state index in [1.165, 1.54) is 48.5 Å². The number of aliphatic carboxylic acids is 1. The summed E-state index contributed by atoms with van der Waals surface area (Å²) in [6, 6.07) is 11.0. The number of carbonyl (C=O) groups excluding carboxylic acids is 2. The number of hydrogen-bond donors (Lipinski definition) is 2. The summed E-state index contributed by atoms with van der Waals surface area (Å²) in [6.07, 6.45) is -0.365. The number of benzene rings is 2. The third-order valence-corrected chi connectivity index (χ3v) is 4.46. The van der Waals surface area contributed by atoms with Gasteiger partial charge < -0.3 is 15.2 Å². The van der Waals surface area contributed by atoms with Gasteiger partial charge in [-0.25, -0.2) is 4.79 Å². The van der Waals surface area contributed by atoms with Gasteiger partial charge in [-0.3, -0.25) is 19.7 Å². The van der Waals surface area contributed by atoms with Crippen LogP contribution < -0.4 is 5.32 Å². The van der Waals surface area contributed by atoms with Gasteiger partial charge in [0.1, 0.15) is 6.04 Å². The van der Waals surface area contributed by atoms with Crippen LogP contribution in [0.25, 0.3) is 0 Å². The van der Waals surface area contributed by atoms with E-state index in [2.05, 4.69) is 5.32 Å². The molecule has 2 aromatic rings. The predicted molar refractivity (Wildman–Crippen MR) is 107 cm³/mol. The zero-order valence-electron chi connectivity index (χ0n) is 16.5. The summed E-state index contributed by atoms with van der Waals surface area (Å²) in [5.74, 6) is -3.83. The van der Waals surface area contributed by atoms with Crippen LogP contribution in [-0.2, 0) is 14.3 Å². The number of nitrogens with one attached hydrogen (secondary N) is 1. The number of ether oxygens (including phenoxy) is 1. The Bertz CT molecular complexity index is 1010. The van der Waals surface area contributed by atoms with Crippen LogP contribution in [0.5, 0.6) is 0 Å². The number of nitro groups is 1. The molecule has 1 amide bonds. The minimum atomic E-state index is -1.52. The molecule has 160 valence electrons. The Balaban J connectivity index is 2.36. The van der Waals surface area contributed by atoms with Gasteiger partial charge >= 0.3 is 11.9 Å². The molecule has 0 aromatic heterocycles. The third-order valence-electron chi connectivity index (χ3n) is 4.46. The van der Waals surface area contributed by atoms with Gasteiger partial charge in [0.25, 0.3) is 11.6 Å². The molecular weight excluding hydrogens is 406 g/mol. The van der Waals surface area contributed by atoms with Crippen molar-refractivity contribution in [2.45, 2.75) is 25.3 Å². The molecule has 0 spiro atoms. The SMILES string of the molecule is CCOC(=O)C[C@@H](c1ccc([N+](=O)[O-])cc1)[C@H](NC(=O)c1ccc(C#N)cc1)C(=O)O. The van der Waals surface area contributed by atoms with Crippen LogP contribution in [0, 0.1) is 21.4 Å². The maximum absolute atomic E-state index is 12.6. The molecule has 0 unspecified atom stereocenters. The van der Waals surface area contributed by atoms with E-state index in [0.29, 0.717) is 11.1 Å². The van der Waals surface area contributed by atoms with Crippen LogP contribution in [0.3, 0.4) is 0 Å². The van der Waals surface area contributed by atoms with Crippen LogP contribution in [0.1, 0.15) is 40.7 Å². The maximum Gasteiger partial charge on any atom is 0.326 e. The molecule has 2 N–H and O–H groups in total. The number of hydrogen-bond acceptors (Lipinski definition) is 7. The summed E-state index contributed by atoms with van der Waals surface area (Å²) >= 11 is 0. The van der Waals surface area contributed by atoms with E-state index in [9.17, 15) is 29.6 Å². The third kappa shape index (κ3) is 6.11. The number of non-ortho nitro benzene ring substituents is 1. The molecule has 0 bridgehead atoms. The summed E-state index contributed by atoms with van der Waals surface area (Å²) in [4.78, 5) is 46.9. The first kappa shape index (κ1) is 23.0. The minimum Gasteiger partial charge on any atom is -0.480 e. The molecule has 10 nitrogen and oxygen atoms in total. The van der Waals surface area contributed by atoms with E-state index < -0.39 is 34.7 Å². The van der Waals surface area contributed by atoms with Gasteiger partial charge in [-0.05, 0) is 36.8 Å². The van der Waals surface area contributed by atoms with Gasteiger partial charge in [0, 0.05) is 23.6 Å². The molecule has 0 heterocycles. The number of nitriles is 1. The van der Waals surface area contributed by atoms with Crippen LogP contribution in [-0.4, -0.2) is 40.5 Å². The summed E-state index contributed by atoms with van der Waals surface area (Å²) in [6.45, 7) is 1.68. The summed E-state index contributed by atoms with van der Waals surface area (Å²) < 4.78 is 4.92. The number of rotatable bonds is 9. The highest BCUT2D eigenvalue weighted by atomic mass is 16.6. The van der Waals surface area contributed by atoms with Crippen molar-refractivity contribution in [3.8, 4) is 6.07 Å². The number of nitrogens with zero attached hydrogens (tertiary/aromatic N) is 2. The smallest absolute Gasteiger partial charge is 0.326 e. The van der Waals surface area contributed by atoms with Gasteiger partial charge in [-0.2, -0.15) is 5.26 Å². The normalized spacial score (nSPS) is 12.1. The first-order chi connectivity index (χ1) is 14.8. The van der Waals surface area contributed by atoms with Gasteiger partial charge in [-0.1, -0.05) is 12.1 Å². The molecule has 0 saturated heterocycles. The lowest BCUT2D eigenvalue weighted by Crippen LogP contribution is -2.45. The fourth-order valence-corrected chi connectivity index (χ4v) is 2.93. The average molecular weight is 425 g/mol. The summed E-state index contributed by atoms with van der Waals surface area (Å²) in [7, 11) is 0. The second kappa shape index (κ2) is 10.5. The standard InChI is InChI=1S/C21H19N3O7/c1-2-31-18(25)11-17(14-7-9-16(10-8-14)24(29)30)19(21(27)28)23-20(26)15-5-3-13(12-22)4-6-15/h3-10,17,19H,2,11H2,1H3,(H,23,26)(H,27,28)/t17-,19-/m0/s1. The molecule has 0 radical (unpaired) electrons. The lowest BCUT2D eigenvalue weighted by Gasteiger charge is -2.25. The van der Waals surface area contributed by atoms with E-state index in [0.717, 1.165) is 0 Å². The van der Waals surface area contributed by atoms with Crippen LogP contribution in [0.4, 0.5) is 5.69 Å². The van der Waals surface area contributed by atoms with E-state index >= 15 is 0 Å². The molecule has 2 atom stereocenters. The topological polar surface area (TPSA) is 160 Å². The zero-order valence-corrected chi connectivity index (χ0v) is 16.5. The van der Waals surface area contributed by atoms with Crippen LogP contribution in [0.15, 0.2) is 48.5 Å². The Hall–Kier alpha value is -4.26. The molecule has 2 aromatic carbocycles. The van der Waals surface area contributed by atoms with Crippen molar-refractivity contribution in [1.29, 1.82) is 5.26 Å². The molecule has 0 saturated carbocycles. The van der Waals surface area contributed by atoms with E-state index in [-0.39, 0.29) is 24.3 Å². The first-order valence-electron chi connectivity index (χ1n) is 9.20. The lowest BCUT2D eigenvalue weighted by molar-refractivity contribution is -0.384. The Morgan fingerprint density at radius 2 is 1.77 bits per heavy atom. The van der Waals surface area contributed by atoms with Crippen molar-refractivity contribution in [1.82, 2.24) is 5.32 Å². The number of amides is 1. The first-order valence-corrected chi connectivity index (χ1v) is 9.20. The van der Waals surface area contributed by atoms with Gasteiger partial charge in [0.2, 0.25) is 0 Å². The predicted octanol–water partition coefficient (Wildman–Crippen LogP) is 2.39. The lowest BCUT2D eigenvalue weighted by atomic mass is 9.88. The molecule has 2 rings (SSSR count). The molecular formula is C21H19N3O7. The van der Waals surface area contributed by atoms with Crippen molar-refractivity contribution < 1.29 is 29.2 Å². The Morgan fingerprint density at radius 1 is 1.16 bits per heavy atom. The van der Waals surface area contributed by atoms with Crippen molar-refractivity contribution >= 4 is 23.5 Å². The van der Waals surface area contributed by atoms with Gasteiger partial charge in [0.15, 0.2) is 0 Å². The second-order valence-electron chi connectivity index (χ2n) is 6.44. The van der Waals surface area contributed by atoms with Crippen molar-refractivity contribution in [2.75, 3.05) is 6.61 Å². The zero-order chi connectivity index (χ0) is 23.0. The van der Waals surface area contributed by atoms with E-state index in [1.807, 2.05) is 6.07 Å². The maximum atomic E-state index is 12.6. The van der Waals surface area contributed by atoms with Crippen molar-refractivity contribution in [3.05, 3.63) is 75.3 Å². The fraction of sp³-hybridized carbons (Fsp3) is 0.238. The number of carboxylic acids is 1. The summed E-state index contributed by atoms with van der Waals surface area (Å²) in [5, 5.41) is 31.9.